The lowest BCUT2D eigenvalue weighted by atomic mass is 10.1. The number of β-amino-alcohol motifs (C(OH)–C–C–N with tert-alkyl or cyclic N) is 1. The highest BCUT2D eigenvalue weighted by atomic mass is 16.4. The molecule has 0 spiro atoms. The highest BCUT2D eigenvalue weighted by molar-refractivity contribution is 5.86. The summed E-state index contributed by atoms with van der Waals surface area (Å²) < 4.78 is 0. The van der Waals surface area contributed by atoms with Crippen LogP contribution in [0.25, 0.3) is 0 Å². The Morgan fingerprint density at radius 1 is 1.43 bits per heavy atom. The lowest BCUT2D eigenvalue weighted by molar-refractivity contribution is -0.148. The number of aliphatic hydroxyl groups excluding tert-OH is 1. The SMILES string of the molecule is Cc1nc(=O)[nH]c(C)c1CC(=O)N1C[C@H](O)C[C@H]1C(=O)O. The van der Waals surface area contributed by atoms with Gasteiger partial charge in [-0.25, -0.2) is 9.59 Å². The van der Waals surface area contributed by atoms with Crippen molar-refractivity contribution >= 4 is 11.9 Å². The van der Waals surface area contributed by atoms with E-state index in [0.29, 0.717) is 17.0 Å². The number of aromatic nitrogens is 2. The lowest BCUT2D eigenvalue weighted by Gasteiger charge is -2.21. The molecule has 0 bridgehead atoms. The number of carbonyl (C=O) groups excluding carboxylic acids is 1. The number of rotatable bonds is 3. The third-order valence-electron chi connectivity index (χ3n) is 3.67. The molecule has 21 heavy (non-hydrogen) atoms. The molecule has 114 valence electrons. The van der Waals surface area contributed by atoms with Crippen molar-refractivity contribution in [2.75, 3.05) is 6.54 Å². The number of aromatic amines is 1. The normalized spacial score (nSPS) is 21.6. The number of likely N-dealkylation sites (tertiary alicyclic amines) is 1. The van der Waals surface area contributed by atoms with Crippen molar-refractivity contribution in [1.29, 1.82) is 0 Å². The molecular formula is C13H17N3O5. The molecule has 1 fully saturated rings. The maximum Gasteiger partial charge on any atom is 0.345 e. The Bertz CT molecular complexity index is 613. The number of aliphatic hydroxyl groups is 1. The number of hydrogen-bond donors (Lipinski definition) is 3. The molecule has 8 heteroatoms. The van der Waals surface area contributed by atoms with E-state index in [1.807, 2.05) is 0 Å². The van der Waals surface area contributed by atoms with E-state index in [-0.39, 0.29) is 19.4 Å². The van der Waals surface area contributed by atoms with E-state index in [1.165, 1.54) is 0 Å². The van der Waals surface area contributed by atoms with Gasteiger partial charge in [0.15, 0.2) is 0 Å². The van der Waals surface area contributed by atoms with Crippen molar-refractivity contribution < 1.29 is 19.8 Å². The molecule has 2 atom stereocenters. The number of carboxylic acid groups (broad SMARTS) is 1. The third-order valence-corrected chi connectivity index (χ3v) is 3.67. The van der Waals surface area contributed by atoms with Crippen molar-refractivity contribution in [2.24, 2.45) is 0 Å². The number of amides is 1. The number of hydrogen-bond acceptors (Lipinski definition) is 5. The highest BCUT2D eigenvalue weighted by Gasteiger charge is 2.38. The molecular weight excluding hydrogens is 278 g/mol. The van der Waals surface area contributed by atoms with E-state index in [1.54, 1.807) is 13.8 Å². The summed E-state index contributed by atoms with van der Waals surface area (Å²) in [5.41, 5.74) is 1.06. The Hall–Kier alpha value is -2.22. The minimum atomic E-state index is -1.13. The predicted molar refractivity (Wildman–Crippen MR) is 71.8 cm³/mol. The number of nitrogens with one attached hydrogen (secondary N) is 1. The average molecular weight is 295 g/mol. The second-order valence-corrected chi connectivity index (χ2v) is 5.20. The van der Waals surface area contributed by atoms with E-state index >= 15 is 0 Å². The number of carboxylic acids is 1. The van der Waals surface area contributed by atoms with Gasteiger partial charge >= 0.3 is 11.7 Å². The summed E-state index contributed by atoms with van der Waals surface area (Å²) in [7, 11) is 0. The first-order valence-corrected chi connectivity index (χ1v) is 6.56. The first kappa shape index (κ1) is 15.2. The van der Waals surface area contributed by atoms with E-state index < -0.39 is 29.7 Å². The van der Waals surface area contributed by atoms with E-state index in [4.69, 9.17) is 5.11 Å². The minimum Gasteiger partial charge on any atom is -0.480 e. The van der Waals surface area contributed by atoms with Crippen LogP contribution in [0, 0.1) is 13.8 Å². The van der Waals surface area contributed by atoms with Gasteiger partial charge < -0.3 is 20.1 Å². The summed E-state index contributed by atoms with van der Waals surface area (Å²) in [5, 5.41) is 18.7. The quantitative estimate of drug-likeness (QED) is 0.655. The van der Waals surface area contributed by atoms with Gasteiger partial charge in [0.05, 0.1) is 12.5 Å². The Balaban J connectivity index is 2.22. The predicted octanol–water partition coefficient (Wildman–Crippen LogP) is -1.02. The Morgan fingerprint density at radius 3 is 2.67 bits per heavy atom. The molecule has 2 heterocycles. The molecule has 1 aromatic heterocycles. The fourth-order valence-corrected chi connectivity index (χ4v) is 2.59. The first-order chi connectivity index (χ1) is 9.79. The largest absolute Gasteiger partial charge is 0.480 e. The zero-order valence-electron chi connectivity index (χ0n) is 11.8. The summed E-state index contributed by atoms with van der Waals surface area (Å²) >= 11 is 0. The van der Waals surface area contributed by atoms with Gasteiger partial charge in [0, 0.05) is 29.9 Å². The van der Waals surface area contributed by atoms with Gasteiger partial charge in [-0.15, -0.1) is 0 Å². The zero-order chi connectivity index (χ0) is 15.7. The zero-order valence-corrected chi connectivity index (χ0v) is 11.8. The lowest BCUT2D eigenvalue weighted by Crippen LogP contribution is -2.41. The standard InChI is InChI=1S/C13H17N3O5/c1-6-9(7(2)15-13(21)14-6)4-11(18)16-5-8(17)3-10(16)12(19)20/h8,10,17H,3-5H2,1-2H3,(H,19,20)(H,14,15,21)/t8-,10+/m1/s1. The molecule has 1 aliphatic rings. The van der Waals surface area contributed by atoms with Gasteiger partial charge in [-0.05, 0) is 13.8 Å². The Morgan fingerprint density at radius 2 is 2.10 bits per heavy atom. The third kappa shape index (κ3) is 3.10. The van der Waals surface area contributed by atoms with E-state index in [2.05, 4.69) is 9.97 Å². The molecule has 0 saturated carbocycles. The maximum absolute atomic E-state index is 12.3. The average Bonchev–Trinajstić information content (AvgIpc) is 2.76. The van der Waals surface area contributed by atoms with Gasteiger partial charge in [0.25, 0.3) is 0 Å². The van der Waals surface area contributed by atoms with Crippen molar-refractivity contribution in [2.45, 2.75) is 38.8 Å². The molecule has 2 rings (SSSR count). The monoisotopic (exact) mass is 295 g/mol. The molecule has 1 saturated heterocycles. The van der Waals surface area contributed by atoms with E-state index in [9.17, 15) is 19.5 Å². The summed E-state index contributed by atoms with van der Waals surface area (Å²) in [6.45, 7) is 3.29. The van der Waals surface area contributed by atoms with E-state index in [0.717, 1.165) is 4.90 Å². The van der Waals surface area contributed by atoms with Crippen LogP contribution >= 0.6 is 0 Å². The van der Waals surface area contributed by atoms with Crippen LogP contribution in [0.5, 0.6) is 0 Å². The molecule has 0 aliphatic carbocycles. The fraction of sp³-hybridized carbons (Fsp3) is 0.538. The van der Waals surface area contributed by atoms with Crippen molar-refractivity contribution in [3.8, 4) is 0 Å². The summed E-state index contributed by atoms with van der Waals surface area (Å²) in [4.78, 5) is 42.1. The molecule has 8 nitrogen and oxygen atoms in total. The van der Waals surface area contributed by atoms with Gasteiger partial charge in [-0.1, -0.05) is 0 Å². The van der Waals surface area contributed by atoms with Crippen LogP contribution in [0.1, 0.15) is 23.4 Å². The molecule has 0 unspecified atom stereocenters. The Kier molecular flexibility index (Phi) is 4.08. The van der Waals surface area contributed by atoms with Crippen molar-refractivity contribution in [1.82, 2.24) is 14.9 Å². The molecule has 0 aromatic carbocycles. The van der Waals surface area contributed by atoms with Gasteiger partial charge in [0.2, 0.25) is 5.91 Å². The molecule has 1 aromatic rings. The van der Waals surface area contributed by atoms with Crippen LogP contribution in [0.2, 0.25) is 0 Å². The van der Waals surface area contributed by atoms with Crippen LogP contribution in [0.15, 0.2) is 4.79 Å². The van der Waals surface area contributed by atoms with Crippen LogP contribution in [-0.4, -0.2) is 55.6 Å². The maximum atomic E-state index is 12.3. The number of H-pyrrole nitrogens is 1. The summed E-state index contributed by atoms with van der Waals surface area (Å²) in [6.07, 6.45) is -0.855. The highest BCUT2D eigenvalue weighted by Crippen LogP contribution is 2.20. The van der Waals surface area contributed by atoms with Crippen LogP contribution in [-0.2, 0) is 16.0 Å². The smallest absolute Gasteiger partial charge is 0.345 e. The summed E-state index contributed by atoms with van der Waals surface area (Å²) in [5.74, 6) is -1.54. The van der Waals surface area contributed by atoms with Gasteiger partial charge in [0.1, 0.15) is 6.04 Å². The Labute approximate surface area is 120 Å². The number of carbonyl (C=O) groups is 2. The van der Waals surface area contributed by atoms with Crippen molar-refractivity contribution in [3.63, 3.8) is 0 Å². The number of nitrogens with zero attached hydrogens (tertiary/aromatic N) is 2. The molecule has 3 N–H and O–H groups in total. The number of aryl methyl sites for hydroxylation is 2. The fourth-order valence-electron chi connectivity index (χ4n) is 2.59. The minimum absolute atomic E-state index is 0.00464. The molecule has 0 radical (unpaired) electrons. The van der Waals surface area contributed by atoms with Gasteiger partial charge in [-0.3, -0.25) is 4.79 Å². The van der Waals surface area contributed by atoms with Crippen LogP contribution < -0.4 is 5.69 Å². The second-order valence-electron chi connectivity index (χ2n) is 5.20. The van der Waals surface area contributed by atoms with Crippen LogP contribution in [0.4, 0.5) is 0 Å². The molecule has 1 amide bonds. The van der Waals surface area contributed by atoms with Crippen molar-refractivity contribution in [3.05, 3.63) is 27.4 Å². The first-order valence-electron chi connectivity index (χ1n) is 6.56. The molecule has 1 aliphatic heterocycles. The topological polar surface area (TPSA) is 124 Å². The number of aliphatic carboxylic acids is 1. The van der Waals surface area contributed by atoms with Crippen LogP contribution in [0.3, 0.4) is 0 Å². The van der Waals surface area contributed by atoms with Gasteiger partial charge in [-0.2, -0.15) is 4.98 Å². The second kappa shape index (κ2) is 5.65. The summed E-state index contributed by atoms with van der Waals surface area (Å²) in [6, 6.07) is -1.01.